The minimum Gasteiger partial charge on any atom is -0.0919 e. The van der Waals surface area contributed by atoms with Gasteiger partial charge < -0.3 is 0 Å². The molecule has 1 aromatic rings. The van der Waals surface area contributed by atoms with Gasteiger partial charge in [0.2, 0.25) is 0 Å². The van der Waals surface area contributed by atoms with E-state index in [0.717, 1.165) is 11.8 Å². The highest BCUT2D eigenvalue weighted by atomic mass is 79.9. The molecule has 0 fully saturated rings. The van der Waals surface area contributed by atoms with Crippen molar-refractivity contribution in [2.75, 3.05) is 5.33 Å². The molecule has 0 bridgehead atoms. The molecule has 0 amide bonds. The predicted molar refractivity (Wildman–Crippen MR) is 70.1 cm³/mol. The van der Waals surface area contributed by atoms with Crippen molar-refractivity contribution in [2.24, 2.45) is 5.41 Å². The molecule has 78 valence electrons. The highest BCUT2D eigenvalue weighted by Crippen LogP contribution is 2.33. The maximum Gasteiger partial charge on any atom is 0.0123 e. The van der Waals surface area contributed by atoms with Gasteiger partial charge in [-0.25, -0.2) is 0 Å². The number of hydrogen-bond acceptors (Lipinski definition) is 0. The third-order valence-electron chi connectivity index (χ3n) is 2.87. The van der Waals surface area contributed by atoms with Crippen LogP contribution in [0.5, 0.6) is 0 Å². The SMILES string of the molecule is CC1(CBr)C=CC(c2ccccc2)=CC1. The molecule has 0 aliphatic heterocycles. The fraction of sp³-hybridized carbons (Fsp3) is 0.286. The summed E-state index contributed by atoms with van der Waals surface area (Å²) in [5.74, 6) is 0. The van der Waals surface area contributed by atoms with Crippen LogP contribution in [0.3, 0.4) is 0 Å². The zero-order chi connectivity index (χ0) is 10.7. The summed E-state index contributed by atoms with van der Waals surface area (Å²) in [5, 5.41) is 1.02. The van der Waals surface area contributed by atoms with Gasteiger partial charge in [0.1, 0.15) is 0 Å². The molecule has 1 unspecified atom stereocenters. The van der Waals surface area contributed by atoms with Crippen LogP contribution in [0.25, 0.3) is 5.57 Å². The summed E-state index contributed by atoms with van der Waals surface area (Å²) in [4.78, 5) is 0. The first-order valence-corrected chi connectivity index (χ1v) is 6.36. The molecular weight excluding hydrogens is 248 g/mol. The molecule has 0 N–H and O–H groups in total. The zero-order valence-electron chi connectivity index (χ0n) is 8.91. The number of hydrogen-bond donors (Lipinski definition) is 0. The van der Waals surface area contributed by atoms with E-state index >= 15 is 0 Å². The van der Waals surface area contributed by atoms with E-state index in [1.165, 1.54) is 11.1 Å². The van der Waals surface area contributed by atoms with Crippen molar-refractivity contribution in [3.63, 3.8) is 0 Å². The number of alkyl halides is 1. The molecule has 1 aromatic carbocycles. The fourth-order valence-corrected chi connectivity index (χ4v) is 2.13. The third-order valence-corrected chi connectivity index (χ3v) is 4.15. The highest BCUT2D eigenvalue weighted by molar-refractivity contribution is 9.09. The molecule has 0 saturated heterocycles. The van der Waals surface area contributed by atoms with Crippen LogP contribution in [0.2, 0.25) is 0 Å². The number of allylic oxidation sites excluding steroid dienone is 4. The Bertz CT molecular complexity index is 389. The minimum absolute atomic E-state index is 0.290. The normalized spacial score (nSPS) is 25.1. The lowest BCUT2D eigenvalue weighted by Gasteiger charge is -2.25. The monoisotopic (exact) mass is 262 g/mol. The van der Waals surface area contributed by atoms with Crippen molar-refractivity contribution in [3.05, 3.63) is 54.1 Å². The van der Waals surface area contributed by atoms with E-state index < -0.39 is 0 Å². The van der Waals surface area contributed by atoms with E-state index in [1.54, 1.807) is 0 Å². The third kappa shape index (κ3) is 2.40. The van der Waals surface area contributed by atoms with Gasteiger partial charge in [-0.2, -0.15) is 0 Å². The second-order valence-electron chi connectivity index (χ2n) is 4.35. The highest BCUT2D eigenvalue weighted by Gasteiger charge is 2.20. The smallest absolute Gasteiger partial charge is 0.0123 e. The summed E-state index contributed by atoms with van der Waals surface area (Å²) in [5.41, 5.74) is 2.94. The first kappa shape index (κ1) is 10.7. The van der Waals surface area contributed by atoms with E-state index in [4.69, 9.17) is 0 Å². The summed E-state index contributed by atoms with van der Waals surface area (Å²) in [6.45, 7) is 2.27. The molecule has 1 atom stereocenters. The molecule has 0 spiro atoms. The van der Waals surface area contributed by atoms with E-state index in [9.17, 15) is 0 Å². The quantitative estimate of drug-likeness (QED) is 0.692. The van der Waals surface area contributed by atoms with Gasteiger partial charge in [0.15, 0.2) is 0 Å². The van der Waals surface area contributed by atoms with Crippen LogP contribution in [-0.2, 0) is 0 Å². The van der Waals surface area contributed by atoms with Gasteiger partial charge in [0.25, 0.3) is 0 Å². The Morgan fingerprint density at radius 1 is 1.27 bits per heavy atom. The second-order valence-corrected chi connectivity index (χ2v) is 4.91. The topological polar surface area (TPSA) is 0 Å². The van der Waals surface area contributed by atoms with Gasteiger partial charge >= 0.3 is 0 Å². The summed E-state index contributed by atoms with van der Waals surface area (Å²) in [7, 11) is 0. The van der Waals surface area contributed by atoms with Crippen LogP contribution in [0.15, 0.2) is 48.6 Å². The molecule has 0 saturated carbocycles. The summed E-state index contributed by atoms with van der Waals surface area (Å²) in [6, 6.07) is 10.5. The van der Waals surface area contributed by atoms with Crippen molar-refractivity contribution in [2.45, 2.75) is 13.3 Å². The Morgan fingerprint density at radius 2 is 2.00 bits per heavy atom. The van der Waals surface area contributed by atoms with Crippen LogP contribution >= 0.6 is 15.9 Å². The van der Waals surface area contributed by atoms with Gasteiger partial charge in [0.05, 0.1) is 0 Å². The Balaban J connectivity index is 2.20. The molecule has 1 heteroatoms. The largest absolute Gasteiger partial charge is 0.0919 e. The number of benzene rings is 1. The van der Waals surface area contributed by atoms with Gasteiger partial charge in [-0.05, 0) is 23.0 Å². The van der Waals surface area contributed by atoms with Crippen molar-refractivity contribution in [1.82, 2.24) is 0 Å². The molecule has 1 aliphatic rings. The van der Waals surface area contributed by atoms with Crippen LogP contribution in [0, 0.1) is 5.41 Å². The molecule has 0 radical (unpaired) electrons. The van der Waals surface area contributed by atoms with E-state index in [1.807, 2.05) is 0 Å². The first-order valence-electron chi connectivity index (χ1n) is 5.24. The lowest BCUT2D eigenvalue weighted by molar-refractivity contribution is 0.500. The number of halogens is 1. The Labute approximate surface area is 99.8 Å². The van der Waals surface area contributed by atoms with E-state index in [-0.39, 0.29) is 5.41 Å². The Hall–Kier alpha value is -0.820. The Morgan fingerprint density at radius 3 is 2.53 bits per heavy atom. The van der Waals surface area contributed by atoms with Gasteiger partial charge in [-0.1, -0.05) is 71.4 Å². The molecule has 2 rings (SSSR count). The molecule has 1 aliphatic carbocycles. The van der Waals surface area contributed by atoms with E-state index in [0.29, 0.717) is 0 Å². The van der Waals surface area contributed by atoms with Crippen molar-refractivity contribution < 1.29 is 0 Å². The standard InChI is InChI=1S/C14H15Br/c1-14(11-15)9-7-13(8-10-14)12-5-3-2-4-6-12/h2-9H,10-11H2,1H3. The first-order chi connectivity index (χ1) is 7.23. The number of rotatable bonds is 2. The molecular formula is C14H15Br. The van der Waals surface area contributed by atoms with Crippen LogP contribution in [0.1, 0.15) is 18.9 Å². The van der Waals surface area contributed by atoms with Gasteiger partial charge in [0, 0.05) is 5.33 Å². The maximum absolute atomic E-state index is 3.56. The Kier molecular flexibility index (Phi) is 3.11. The maximum atomic E-state index is 3.56. The molecule has 0 aromatic heterocycles. The van der Waals surface area contributed by atoms with Crippen molar-refractivity contribution in [3.8, 4) is 0 Å². The second kappa shape index (κ2) is 4.36. The average molecular weight is 263 g/mol. The van der Waals surface area contributed by atoms with Crippen LogP contribution in [-0.4, -0.2) is 5.33 Å². The van der Waals surface area contributed by atoms with Crippen molar-refractivity contribution in [1.29, 1.82) is 0 Å². The minimum atomic E-state index is 0.290. The predicted octanol–water partition coefficient (Wildman–Crippen LogP) is 4.43. The molecule has 0 heterocycles. The fourth-order valence-electron chi connectivity index (χ4n) is 1.71. The zero-order valence-corrected chi connectivity index (χ0v) is 10.5. The van der Waals surface area contributed by atoms with Crippen LogP contribution in [0.4, 0.5) is 0 Å². The van der Waals surface area contributed by atoms with E-state index in [2.05, 4.69) is 71.4 Å². The summed E-state index contributed by atoms with van der Waals surface area (Å²) < 4.78 is 0. The van der Waals surface area contributed by atoms with Crippen LogP contribution < -0.4 is 0 Å². The average Bonchev–Trinajstić information content (AvgIpc) is 2.31. The lowest BCUT2D eigenvalue weighted by Crippen LogP contribution is -2.15. The summed E-state index contributed by atoms with van der Waals surface area (Å²) in [6.07, 6.45) is 7.99. The van der Waals surface area contributed by atoms with Gasteiger partial charge in [-0.3, -0.25) is 0 Å². The van der Waals surface area contributed by atoms with Gasteiger partial charge in [-0.15, -0.1) is 0 Å². The molecule has 15 heavy (non-hydrogen) atoms. The molecule has 0 nitrogen and oxygen atoms in total. The summed E-state index contributed by atoms with van der Waals surface area (Å²) >= 11 is 3.56. The lowest BCUT2D eigenvalue weighted by atomic mass is 9.83. The van der Waals surface area contributed by atoms with Crippen molar-refractivity contribution >= 4 is 21.5 Å².